The Balaban J connectivity index is 1.50. The predicted octanol–water partition coefficient (Wildman–Crippen LogP) is 2.88. The number of rotatable bonds is 4. The number of hydrogen-bond donors (Lipinski definition) is 0. The third kappa shape index (κ3) is 3.56. The summed E-state index contributed by atoms with van der Waals surface area (Å²) in [4.78, 5) is 27.8. The summed E-state index contributed by atoms with van der Waals surface area (Å²) >= 11 is 0. The van der Waals surface area contributed by atoms with Crippen LogP contribution in [-0.2, 0) is 14.1 Å². The van der Waals surface area contributed by atoms with Gasteiger partial charge in [0, 0.05) is 58.5 Å². The summed E-state index contributed by atoms with van der Waals surface area (Å²) in [6.45, 7) is 3.14. The van der Waals surface area contributed by atoms with Crippen molar-refractivity contribution in [3.63, 3.8) is 0 Å². The average Bonchev–Trinajstić information content (AvgIpc) is 3.10. The van der Waals surface area contributed by atoms with Gasteiger partial charge < -0.3 is 23.5 Å². The molecule has 30 heavy (non-hydrogen) atoms. The smallest absolute Gasteiger partial charge is 0.260 e. The number of amides is 1. The molecule has 0 unspecified atom stereocenters. The van der Waals surface area contributed by atoms with Crippen LogP contribution < -0.4 is 15.0 Å². The highest BCUT2D eigenvalue weighted by molar-refractivity contribution is 6.07. The molecule has 158 valence electrons. The van der Waals surface area contributed by atoms with Crippen LogP contribution in [0.25, 0.3) is 10.9 Å². The van der Waals surface area contributed by atoms with Gasteiger partial charge >= 0.3 is 0 Å². The number of carbonyl (C=O) groups excluding carboxylic acids is 1. The van der Waals surface area contributed by atoms with Crippen molar-refractivity contribution in [2.24, 2.45) is 14.1 Å². The number of aryl methyl sites for hydroxylation is 3. The van der Waals surface area contributed by atoms with E-state index in [-0.39, 0.29) is 17.6 Å². The molecule has 4 rings (SSSR count). The molecule has 2 aromatic heterocycles. The van der Waals surface area contributed by atoms with E-state index in [0.717, 1.165) is 35.4 Å². The van der Waals surface area contributed by atoms with E-state index in [4.69, 9.17) is 9.47 Å². The van der Waals surface area contributed by atoms with Crippen molar-refractivity contribution >= 4 is 16.8 Å². The molecule has 7 heteroatoms. The van der Waals surface area contributed by atoms with Crippen LogP contribution in [0.5, 0.6) is 11.5 Å². The van der Waals surface area contributed by atoms with Gasteiger partial charge in [-0.3, -0.25) is 9.59 Å². The summed E-state index contributed by atoms with van der Waals surface area (Å²) in [5.74, 6) is 1.43. The fraction of sp³-hybridized carbons (Fsp3) is 0.391. The summed E-state index contributed by atoms with van der Waals surface area (Å²) in [5, 5.41) is 0.500. The molecule has 0 saturated carbocycles. The normalized spacial score (nSPS) is 14.9. The van der Waals surface area contributed by atoms with Crippen LogP contribution in [0.4, 0.5) is 0 Å². The zero-order valence-electron chi connectivity index (χ0n) is 17.8. The summed E-state index contributed by atoms with van der Waals surface area (Å²) in [5.41, 5.74) is 2.12. The quantitative estimate of drug-likeness (QED) is 0.665. The van der Waals surface area contributed by atoms with Gasteiger partial charge in [-0.15, -0.1) is 0 Å². The maximum atomic E-state index is 13.3. The first kappa shape index (κ1) is 20.1. The van der Waals surface area contributed by atoms with Gasteiger partial charge in [-0.25, -0.2) is 0 Å². The molecule has 1 saturated heterocycles. The first-order valence-electron chi connectivity index (χ1n) is 10.1. The number of nitrogens with zero attached hydrogens (tertiary/aromatic N) is 3. The summed E-state index contributed by atoms with van der Waals surface area (Å²) < 4.78 is 14.7. The lowest BCUT2D eigenvalue weighted by Gasteiger charge is -2.32. The number of carbonyl (C=O) groups is 1. The molecule has 1 fully saturated rings. The molecule has 0 radical (unpaired) electrons. The number of pyridine rings is 1. The zero-order chi connectivity index (χ0) is 21.4. The van der Waals surface area contributed by atoms with E-state index in [2.05, 4.69) is 0 Å². The van der Waals surface area contributed by atoms with Gasteiger partial charge in [-0.1, -0.05) is 6.07 Å². The number of piperidine rings is 1. The van der Waals surface area contributed by atoms with Crippen LogP contribution in [0.3, 0.4) is 0 Å². The third-order valence-corrected chi connectivity index (χ3v) is 5.78. The third-order valence-electron chi connectivity index (χ3n) is 5.78. The van der Waals surface area contributed by atoms with Crippen molar-refractivity contribution in [3.8, 4) is 11.5 Å². The largest absolute Gasteiger partial charge is 0.497 e. The van der Waals surface area contributed by atoms with Crippen molar-refractivity contribution in [1.29, 1.82) is 0 Å². The molecule has 0 spiro atoms. The van der Waals surface area contributed by atoms with Crippen molar-refractivity contribution in [1.82, 2.24) is 14.0 Å². The highest BCUT2D eigenvalue weighted by Crippen LogP contribution is 2.26. The number of methoxy groups -OCH3 is 1. The number of likely N-dealkylation sites (tertiary alicyclic amines) is 1. The number of hydrogen-bond acceptors (Lipinski definition) is 4. The molecule has 1 aliphatic heterocycles. The molecule has 1 amide bonds. The van der Waals surface area contributed by atoms with Gasteiger partial charge in [0.2, 0.25) is 0 Å². The van der Waals surface area contributed by atoms with E-state index in [1.165, 1.54) is 0 Å². The summed E-state index contributed by atoms with van der Waals surface area (Å²) in [6, 6.07) is 7.56. The van der Waals surface area contributed by atoms with E-state index >= 15 is 0 Å². The molecule has 0 aliphatic carbocycles. The first-order chi connectivity index (χ1) is 14.4. The Hall–Kier alpha value is -3.22. The fourth-order valence-electron chi connectivity index (χ4n) is 4.28. The van der Waals surface area contributed by atoms with Gasteiger partial charge in [0.05, 0.1) is 23.6 Å². The Morgan fingerprint density at radius 3 is 2.47 bits per heavy atom. The van der Waals surface area contributed by atoms with Crippen molar-refractivity contribution in [3.05, 3.63) is 58.1 Å². The second-order valence-corrected chi connectivity index (χ2v) is 7.89. The average molecular weight is 409 g/mol. The van der Waals surface area contributed by atoms with E-state index in [1.807, 2.05) is 47.7 Å². The van der Waals surface area contributed by atoms with Crippen LogP contribution in [0.1, 0.15) is 28.8 Å². The summed E-state index contributed by atoms with van der Waals surface area (Å²) in [7, 11) is 5.22. The molecule has 0 bridgehead atoms. The molecular weight excluding hydrogens is 382 g/mol. The molecular formula is C23H27N3O4. The summed E-state index contributed by atoms with van der Waals surface area (Å²) in [6.07, 6.45) is 5.11. The van der Waals surface area contributed by atoms with E-state index in [1.54, 1.807) is 31.1 Å². The minimum atomic E-state index is -0.143. The van der Waals surface area contributed by atoms with E-state index in [9.17, 15) is 9.59 Å². The van der Waals surface area contributed by atoms with Crippen LogP contribution >= 0.6 is 0 Å². The van der Waals surface area contributed by atoms with Crippen LogP contribution in [0.2, 0.25) is 0 Å². The Labute approximate surface area is 175 Å². The number of benzene rings is 1. The topological polar surface area (TPSA) is 65.7 Å². The van der Waals surface area contributed by atoms with Crippen molar-refractivity contribution in [2.75, 3.05) is 20.2 Å². The Morgan fingerprint density at radius 1 is 1.07 bits per heavy atom. The van der Waals surface area contributed by atoms with Gasteiger partial charge in [0.15, 0.2) is 0 Å². The van der Waals surface area contributed by atoms with Crippen molar-refractivity contribution < 1.29 is 14.3 Å². The molecule has 7 nitrogen and oxygen atoms in total. The van der Waals surface area contributed by atoms with Crippen LogP contribution in [-0.4, -0.2) is 46.2 Å². The standard InChI is InChI=1S/C23H27N3O4/c1-15-13-25(3)23(28)20-19(14-24(2)21(15)20)22(27)26-10-8-16(9-11-26)30-18-7-5-6-17(12-18)29-4/h5-7,12-14,16H,8-11H2,1-4H3. The molecule has 3 heterocycles. The number of fused-ring (bicyclic) bond motifs is 1. The minimum Gasteiger partial charge on any atom is -0.497 e. The fourth-order valence-corrected chi connectivity index (χ4v) is 4.28. The Morgan fingerprint density at radius 2 is 1.77 bits per heavy atom. The second kappa shape index (κ2) is 7.89. The second-order valence-electron chi connectivity index (χ2n) is 7.89. The Kier molecular flexibility index (Phi) is 5.28. The van der Waals surface area contributed by atoms with Gasteiger partial charge in [0.1, 0.15) is 17.6 Å². The monoisotopic (exact) mass is 409 g/mol. The molecule has 3 aromatic rings. The first-order valence-corrected chi connectivity index (χ1v) is 10.1. The minimum absolute atomic E-state index is 0.0452. The maximum absolute atomic E-state index is 13.3. The Bertz CT molecular complexity index is 1150. The highest BCUT2D eigenvalue weighted by atomic mass is 16.5. The lowest BCUT2D eigenvalue weighted by atomic mass is 10.1. The van der Waals surface area contributed by atoms with Crippen LogP contribution in [0.15, 0.2) is 41.5 Å². The van der Waals surface area contributed by atoms with Crippen molar-refractivity contribution in [2.45, 2.75) is 25.9 Å². The highest BCUT2D eigenvalue weighted by Gasteiger charge is 2.28. The zero-order valence-corrected chi connectivity index (χ0v) is 17.8. The molecule has 1 aliphatic rings. The van der Waals surface area contributed by atoms with E-state index < -0.39 is 0 Å². The molecule has 0 N–H and O–H groups in total. The molecule has 0 atom stereocenters. The van der Waals surface area contributed by atoms with Gasteiger partial charge in [-0.2, -0.15) is 0 Å². The predicted molar refractivity (Wildman–Crippen MR) is 115 cm³/mol. The number of aromatic nitrogens is 2. The van der Waals surface area contributed by atoms with Gasteiger partial charge in [-0.05, 0) is 24.6 Å². The van der Waals surface area contributed by atoms with E-state index in [0.29, 0.717) is 24.0 Å². The van der Waals surface area contributed by atoms with Gasteiger partial charge in [0.25, 0.3) is 11.5 Å². The lowest BCUT2D eigenvalue weighted by Crippen LogP contribution is -2.42. The molecule has 1 aromatic carbocycles. The SMILES string of the molecule is COc1cccc(OC2CCN(C(=O)c3cn(C)c4c(C)cn(C)c(=O)c34)CC2)c1. The maximum Gasteiger partial charge on any atom is 0.260 e. The van der Waals surface area contributed by atoms with Crippen LogP contribution in [0, 0.1) is 6.92 Å². The number of ether oxygens (including phenoxy) is 2. The lowest BCUT2D eigenvalue weighted by molar-refractivity contribution is 0.0597.